The van der Waals surface area contributed by atoms with Crippen LogP contribution in [0.3, 0.4) is 0 Å². The molecule has 0 saturated carbocycles. The molecule has 17 heavy (non-hydrogen) atoms. The average Bonchev–Trinajstić information content (AvgIpc) is 2.64. The molecule has 1 heterocycles. The van der Waals surface area contributed by atoms with E-state index in [0.717, 1.165) is 22.9 Å². The van der Waals surface area contributed by atoms with Gasteiger partial charge in [-0.25, -0.2) is 0 Å². The highest BCUT2D eigenvalue weighted by atomic mass is 35.5. The summed E-state index contributed by atoms with van der Waals surface area (Å²) in [7, 11) is 1.94. The number of halogens is 1. The molecule has 90 valence electrons. The van der Waals surface area contributed by atoms with Crippen molar-refractivity contribution in [2.24, 2.45) is 13.0 Å². The molecule has 0 bridgehead atoms. The van der Waals surface area contributed by atoms with Crippen LogP contribution in [0.5, 0.6) is 0 Å². The standard InChI is InChI=1S/C14H16ClNO/c1-4-9(2)14(17)12-8-16(3)13-7-10(15)5-6-11(12)13/h5-9H,4H2,1-3H3. The Morgan fingerprint density at radius 2 is 2.18 bits per heavy atom. The van der Waals surface area contributed by atoms with Crippen LogP contribution in [0.1, 0.15) is 30.6 Å². The van der Waals surface area contributed by atoms with Crippen molar-refractivity contribution >= 4 is 28.3 Å². The SMILES string of the molecule is CCC(C)C(=O)c1cn(C)c2cc(Cl)ccc12. The molecule has 0 spiro atoms. The molecule has 2 aromatic rings. The third-order valence-corrected chi connectivity index (χ3v) is 3.51. The number of fused-ring (bicyclic) bond motifs is 1. The molecule has 0 aliphatic rings. The molecule has 1 aromatic carbocycles. The van der Waals surface area contributed by atoms with Gasteiger partial charge in [0, 0.05) is 40.7 Å². The molecule has 0 aliphatic carbocycles. The highest BCUT2D eigenvalue weighted by Gasteiger charge is 2.18. The summed E-state index contributed by atoms with van der Waals surface area (Å²) < 4.78 is 1.96. The maximum Gasteiger partial charge on any atom is 0.167 e. The smallest absolute Gasteiger partial charge is 0.167 e. The second kappa shape index (κ2) is 4.53. The van der Waals surface area contributed by atoms with Crippen molar-refractivity contribution in [3.05, 3.63) is 35.0 Å². The minimum absolute atomic E-state index is 0.0660. The Morgan fingerprint density at radius 3 is 2.82 bits per heavy atom. The summed E-state index contributed by atoms with van der Waals surface area (Å²) >= 11 is 5.97. The van der Waals surface area contributed by atoms with Gasteiger partial charge in [0.25, 0.3) is 0 Å². The summed E-state index contributed by atoms with van der Waals surface area (Å²) in [6, 6.07) is 5.65. The molecule has 1 atom stereocenters. The number of rotatable bonds is 3. The predicted octanol–water partition coefficient (Wildman–Crippen LogP) is 4.06. The third-order valence-electron chi connectivity index (χ3n) is 3.28. The van der Waals surface area contributed by atoms with Crippen molar-refractivity contribution in [2.45, 2.75) is 20.3 Å². The Labute approximate surface area is 106 Å². The van der Waals surface area contributed by atoms with E-state index >= 15 is 0 Å². The monoisotopic (exact) mass is 249 g/mol. The van der Waals surface area contributed by atoms with E-state index in [1.807, 2.05) is 49.9 Å². The van der Waals surface area contributed by atoms with E-state index in [1.54, 1.807) is 0 Å². The van der Waals surface area contributed by atoms with Crippen LogP contribution >= 0.6 is 11.6 Å². The van der Waals surface area contributed by atoms with E-state index in [2.05, 4.69) is 0 Å². The highest BCUT2D eigenvalue weighted by Crippen LogP contribution is 2.26. The number of hydrogen-bond donors (Lipinski definition) is 0. The first-order valence-corrected chi connectivity index (χ1v) is 6.21. The van der Waals surface area contributed by atoms with Crippen molar-refractivity contribution in [3.63, 3.8) is 0 Å². The van der Waals surface area contributed by atoms with E-state index in [0.29, 0.717) is 5.02 Å². The van der Waals surface area contributed by atoms with E-state index in [-0.39, 0.29) is 11.7 Å². The second-order valence-corrected chi connectivity index (χ2v) is 4.93. The third kappa shape index (κ3) is 2.09. The lowest BCUT2D eigenvalue weighted by Crippen LogP contribution is -2.09. The average molecular weight is 250 g/mol. The van der Waals surface area contributed by atoms with Gasteiger partial charge in [0.1, 0.15) is 0 Å². The summed E-state index contributed by atoms with van der Waals surface area (Å²) in [5, 5.41) is 1.68. The lowest BCUT2D eigenvalue weighted by Gasteiger charge is -2.05. The topological polar surface area (TPSA) is 22.0 Å². The van der Waals surface area contributed by atoms with Gasteiger partial charge in [-0.15, -0.1) is 0 Å². The van der Waals surface area contributed by atoms with E-state index in [9.17, 15) is 4.79 Å². The molecule has 0 saturated heterocycles. The second-order valence-electron chi connectivity index (χ2n) is 4.49. The van der Waals surface area contributed by atoms with Crippen LogP contribution < -0.4 is 0 Å². The molecular weight excluding hydrogens is 234 g/mol. The largest absolute Gasteiger partial charge is 0.350 e. The first-order chi connectivity index (χ1) is 8.04. The normalized spacial score (nSPS) is 12.9. The molecule has 0 fully saturated rings. The molecule has 0 aliphatic heterocycles. The number of Topliss-reactive ketones (excluding diaryl/α,β-unsaturated/α-hetero) is 1. The van der Waals surface area contributed by atoms with Crippen molar-refractivity contribution in [1.29, 1.82) is 0 Å². The van der Waals surface area contributed by atoms with Crippen molar-refractivity contribution in [1.82, 2.24) is 4.57 Å². The van der Waals surface area contributed by atoms with Gasteiger partial charge in [-0.05, 0) is 18.6 Å². The summed E-state index contributed by atoms with van der Waals surface area (Å²) in [5.74, 6) is 0.275. The molecule has 3 heteroatoms. The van der Waals surface area contributed by atoms with Crippen LogP contribution in [-0.4, -0.2) is 10.4 Å². The van der Waals surface area contributed by atoms with Gasteiger partial charge < -0.3 is 4.57 Å². The van der Waals surface area contributed by atoms with E-state index < -0.39 is 0 Å². The van der Waals surface area contributed by atoms with Gasteiger partial charge >= 0.3 is 0 Å². The quantitative estimate of drug-likeness (QED) is 0.752. The predicted molar refractivity (Wildman–Crippen MR) is 71.7 cm³/mol. The van der Waals surface area contributed by atoms with E-state index in [4.69, 9.17) is 11.6 Å². The number of nitrogens with zero attached hydrogens (tertiary/aromatic N) is 1. The van der Waals surface area contributed by atoms with Crippen LogP contribution in [0.25, 0.3) is 10.9 Å². The van der Waals surface area contributed by atoms with Crippen LogP contribution in [0.4, 0.5) is 0 Å². The molecule has 0 amide bonds. The number of carbonyl (C=O) groups is 1. The van der Waals surface area contributed by atoms with Crippen LogP contribution in [-0.2, 0) is 7.05 Å². The number of carbonyl (C=O) groups excluding carboxylic acids is 1. The molecule has 0 N–H and O–H groups in total. The molecule has 2 nitrogen and oxygen atoms in total. The molecule has 1 unspecified atom stereocenters. The number of ketones is 1. The minimum atomic E-state index is 0.0660. The van der Waals surface area contributed by atoms with Crippen molar-refractivity contribution in [3.8, 4) is 0 Å². The molecule has 1 aromatic heterocycles. The molecular formula is C14H16ClNO. The van der Waals surface area contributed by atoms with Gasteiger partial charge in [-0.2, -0.15) is 0 Å². The maximum absolute atomic E-state index is 12.2. The molecule has 2 rings (SSSR count). The highest BCUT2D eigenvalue weighted by molar-refractivity contribution is 6.31. The fraction of sp³-hybridized carbons (Fsp3) is 0.357. The first-order valence-electron chi connectivity index (χ1n) is 5.83. The fourth-order valence-electron chi connectivity index (χ4n) is 2.00. The van der Waals surface area contributed by atoms with Gasteiger partial charge in [0.15, 0.2) is 5.78 Å². The summed E-state index contributed by atoms with van der Waals surface area (Å²) in [6.45, 7) is 4.00. The number of hydrogen-bond acceptors (Lipinski definition) is 1. The first kappa shape index (κ1) is 12.2. The van der Waals surface area contributed by atoms with Gasteiger partial charge in [-0.1, -0.05) is 31.5 Å². The Bertz CT molecular complexity index is 571. The van der Waals surface area contributed by atoms with Gasteiger partial charge in [0.05, 0.1) is 0 Å². The zero-order valence-electron chi connectivity index (χ0n) is 10.3. The molecule has 0 radical (unpaired) electrons. The maximum atomic E-state index is 12.2. The van der Waals surface area contributed by atoms with Crippen LogP contribution in [0.15, 0.2) is 24.4 Å². The zero-order chi connectivity index (χ0) is 12.6. The Balaban J connectivity index is 2.60. The summed E-state index contributed by atoms with van der Waals surface area (Å²) in [6.07, 6.45) is 2.76. The van der Waals surface area contributed by atoms with Gasteiger partial charge in [0.2, 0.25) is 0 Å². The van der Waals surface area contributed by atoms with Crippen LogP contribution in [0.2, 0.25) is 5.02 Å². The lowest BCUT2D eigenvalue weighted by atomic mass is 9.97. The summed E-state index contributed by atoms with van der Waals surface area (Å²) in [5.41, 5.74) is 1.80. The van der Waals surface area contributed by atoms with Crippen molar-refractivity contribution in [2.75, 3.05) is 0 Å². The summed E-state index contributed by atoms with van der Waals surface area (Å²) in [4.78, 5) is 12.2. The van der Waals surface area contributed by atoms with E-state index in [1.165, 1.54) is 0 Å². The van der Waals surface area contributed by atoms with Crippen LogP contribution in [0, 0.1) is 5.92 Å². The number of aryl methyl sites for hydroxylation is 1. The number of benzene rings is 1. The Hall–Kier alpha value is -1.28. The fourth-order valence-corrected chi connectivity index (χ4v) is 2.17. The van der Waals surface area contributed by atoms with Gasteiger partial charge in [-0.3, -0.25) is 4.79 Å². The number of aromatic nitrogens is 1. The minimum Gasteiger partial charge on any atom is -0.350 e. The Kier molecular flexibility index (Phi) is 3.25. The zero-order valence-corrected chi connectivity index (χ0v) is 11.1. The lowest BCUT2D eigenvalue weighted by molar-refractivity contribution is 0.0929. The Morgan fingerprint density at radius 1 is 1.47 bits per heavy atom. The van der Waals surface area contributed by atoms with Crippen molar-refractivity contribution < 1.29 is 4.79 Å².